The number of urea groups is 1. The Morgan fingerprint density at radius 2 is 2.26 bits per heavy atom. The molecule has 4 nitrogen and oxygen atoms in total. The van der Waals surface area contributed by atoms with Crippen LogP contribution in [-0.4, -0.2) is 23.8 Å². The van der Waals surface area contributed by atoms with Crippen molar-refractivity contribution < 1.29 is 9.90 Å². The van der Waals surface area contributed by atoms with Crippen molar-refractivity contribution in [2.24, 2.45) is 0 Å². The van der Waals surface area contributed by atoms with Gasteiger partial charge >= 0.3 is 6.03 Å². The lowest BCUT2D eigenvalue weighted by molar-refractivity contribution is 0.234. The van der Waals surface area contributed by atoms with Crippen LogP contribution in [0.3, 0.4) is 0 Å². The van der Waals surface area contributed by atoms with E-state index in [1.165, 1.54) is 0 Å². The number of hydrogen-bond acceptors (Lipinski definition) is 2. The van der Waals surface area contributed by atoms with Crippen LogP contribution in [0, 0.1) is 0 Å². The molecular formula is C13H18BrClN2O2. The largest absolute Gasteiger partial charge is 0.396 e. The van der Waals surface area contributed by atoms with Gasteiger partial charge in [-0.05, 0) is 37.5 Å². The number of rotatable bonds is 6. The van der Waals surface area contributed by atoms with Crippen LogP contribution in [0.15, 0.2) is 22.7 Å². The first-order chi connectivity index (χ1) is 9.02. The summed E-state index contributed by atoms with van der Waals surface area (Å²) < 4.78 is 0.906. The molecular weight excluding hydrogens is 332 g/mol. The molecule has 0 radical (unpaired) electrons. The minimum absolute atomic E-state index is 0.0348. The first-order valence-corrected chi connectivity index (χ1v) is 7.29. The van der Waals surface area contributed by atoms with E-state index >= 15 is 0 Å². The number of carbonyl (C=O) groups excluding carboxylic acids is 1. The van der Waals surface area contributed by atoms with Crippen LogP contribution < -0.4 is 10.6 Å². The lowest BCUT2D eigenvalue weighted by Crippen LogP contribution is -2.40. The predicted octanol–water partition coefficient (Wildman–Crippen LogP) is 3.06. The van der Waals surface area contributed by atoms with E-state index in [1.54, 1.807) is 6.07 Å². The zero-order valence-corrected chi connectivity index (χ0v) is 13.1. The van der Waals surface area contributed by atoms with E-state index in [-0.39, 0.29) is 18.7 Å². The van der Waals surface area contributed by atoms with E-state index in [0.29, 0.717) is 18.0 Å². The maximum absolute atomic E-state index is 11.6. The highest BCUT2D eigenvalue weighted by molar-refractivity contribution is 9.10. The number of halogens is 2. The van der Waals surface area contributed by atoms with Gasteiger partial charge in [-0.15, -0.1) is 0 Å². The lowest BCUT2D eigenvalue weighted by Gasteiger charge is -2.14. The molecule has 0 saturated heterocycles. The Kier molecular flexibility index (Phi) is 7.20. The molecule has 0 heterocycles. The van der Waals surface area contributed by atoms with Crippen molar-refractivity contribution in [1.82, 2.24) is 10.6 Å². The minimum atomic E-state index is -0.232. The third-order valence-electron chi connectivity index (χ3n) is 2.63. The molecule has 1 aromatic rings. The van der Waals surface area contributed by atoms with E-state index in [9.17, 15) is 4.79 Å². The number of amides is 2. The van der Waals surface area contributed by atoms with Crippen LogP contribution in [-0.2, 0) is 6.54 Å². The van der Waals surface area contributed by atoms with Crippen LogP contribution in [0.2, 0.25) is 5.02 Å². The zero-order chi connectivity index (χ0) is 14.3. The molecule has 1 aromatic carbocycles. The van der Waals surface area contributed by atoms with Crippen molar-refractivity contribution in [2.45, 2.75) is 32.4 Å². The topological polar surface area (TPSA) is 61.4 Å². The van der Waals surface area contributed by atoms with Crippen LogP contribution >= 0.6 is 27.5 Å². The van der Waals surface area contributed by atoms with Crippen molar-refractivity contribution in [1.29, 1.82) is 0 Å². The van der Waals surface area contributed by atoms with Gasteiger partial charge in [0.15, 0.2) is 0 Å². The summed E-state index contributed by atoms with van der Waals surface area (Å²) in [5.74, 6) is 0. The van der Waals surface area contributed by atoms with Gasteiger partial charge in [0, 0.05) is 28.7 Å². The Balaban J connectivity index is 2.37. The minimum Gasteiger partial charge on any atom is -0.396 e. The average molecular weight is 350 g/mol. The van der Waals surface area contributed by atoms with Gasteiger partial charge < -0.3 is 15.7 Å². The highest BCUT2D eigenvalue weighted by Gasteiger charge is 2.07. The van der Waals surface area contributed by atoms with Gasteiger partial charge in [0.1, 0.15) is 0 Å². The Morgan fingerprint density at radius 3 is 2.89 bits per heavy atom. The van der Waals surface area contributed by atoms with E-state index in [4.69, 9.17) is 16.7 Å². The maximum atomic E-state index is 11.6. The van der Waals surface area contributed by atoms with Crippen LogP contribution in [0.25, 0.3) is 0 Å². The summed E-state index contributed by atoms with van der Waals surface area (Å²) in [5.41, 5.74) is 0.864. The second-order valence-corrected chi connectivity index (χ2v) is 5.65. The number of aliphatic hydroxyl groups is 1. The van der Waals surface area contributed by atoms with Gasteiger partial charge in [0.2, 0.25) is 0 Å². The fourth-order valence-corrected chi connectivity index (χ4v) is 2.33. The third-order valence-corrected chi connectivity index (χ3v) is 3.47. The van der Waals surface area contributed by atoms with Crippen molar-refractivity contribution >= 4 is 33.6 Å². The normalized spacial score (nSPS) is 12.0. The van der Waals surface area contributed by atoms with Gasteiger partial charge in [0.25, 0.3) is 0 Å². The lowest BCUT2D eigenvalue weighted by atomic mass is 10.2. The van der Waals surface area contributed by atoms with Gasteiger partial charge in [-0.2, -0.15) is 0 Å². The molecule has 0 spiro atoms. The highest BCUT2D eigenvalue weighted by Crippen LogP contribution is 2.21. The molecule has 1 rings (SSSR count). The Morgan fingerprint density at radius 1 is 1.53 bits per heavy atom. The number of carbonyl (C=O) groups is 1. The summed E-state index contributed by atoms with van der Waals surface area (Å²) in [6.07, 6.45) is 1.43. The average Bonchev–Trinajstić information content (AvgIpc) is 2.35. The van der Waals surface area contributed by atoms with Crippen molar-refractivity contribution in [2.75, 3.05) is 6.61 Å². The number of nitrogens with one attached hydrogen (secondary N) is 2. The summed E-state index contributed by atoms with van der Waals surface area (Å²) in [5, 5.41) is 14.9. The monoisotopic (exact) mass is 348 g/mol. The summed E-state index contributed by atoms with van der Waals surface area (Å²) in [4.78, 5) is 11.6. The first kappa shape index (κ1) is 16.3. The Labute approximate surface area is 126 Å². The second-order valence-electron chi connectivity index (χ2n) is 4.33. The SMILES string of the molecule is CC(CCCO)NC(=O)NCc1ccc(Br)cc1Cl. The quantitative estimate of drug-likeness (QED) is 0.739. The Hall–Kier alpha value is -0.780. The summed E-state index contributed by atoms with van der Waals surface area (Å²) >= 11 is 9.39. The summed E-state index contributed by atoms with van der Waals surface area (Å²) in [6, 6.07) is 5.34. The molecule has 0 bridgehead atoms. The van der Waals surface area contributed by atoms with Crippen LogP contribution in [0.4, 0.5) is 4.79 Å². The van der Waals surface area contributed by atoms with Gasteiger partial charge in [-0.25, -0.2) is 4.79 Å². The molecule has 0 aromatic heterocycles. The number of hydrogen-bond donors (Lipinski definition) is 3. The van der Waals surface area contributed by atoms with Gasteiger partial charge in [-0.3, -0.25) is 0 Å². The molecule has 1 atom stereocenters. The van der Waals surface area contributed by atoms with E-state index in [2.05, 4.69) is 26.6 Å². The smallest absolute Gasteiger partial charge is 0.315 e. The second kappa shape index (κ2) is 8.40. The summed E-state index contributed by atoms with van der Waals surface area (Å²) in [7, 11) is 0. The van der Waals surface area contributed by atoms with Crippen molar-refractivity contribution in [3.63, 3.8) is 0 Å². The fraction of sp³-hybridized carbons (Fsp3) is 0.462. The molecule has 0 aliphatic rings. The van der Waals surface area contributed by atoms with Crippen molar-refractivity contribution in [3.05, 3.63) is 33.3 Å². The molecule has 2 amide bonds. The standard InChI is InChI=1S/C13H18BrClN2O2/c1-9(3-2-6-18)17-13(19)16-8-10-4-5-11(14)7-12(10)15/h4-5,7,9,18H,2-3,6,8H2,1H3,(H2,16,17,19). The third kappa shape index (κ3) is 6.27. The van der Waals surface area contributed by atoms with Gasteiger partial charge in [-0.1, -0.05) is 33.6 Å². The fourth-order valence-electron chi connectivity index (χ4n) is 1.59. The molecule has 6 heteroatoms. The molecule has 0 saturated carbocycles. The van der Waals surface area contributed by atoms with E-state index < -0.39 is 0 Å². The molecule has 0 fully saturated rings. The van der Waals surface area contributed by atoms with Crippen LogP contribution in [0.5, 0.6) is 0 Å². The molecule has 19 heavy (non-hydrogen) atoms. The van der Waals surface area contributed by atoms with E-state index in [0.717, 1.165) is 16.5 Å². The number of benzene rings is 1. The summed E-state index contributed by atoms with van der Waals surface area (Å²) in [6.45, 7) is 2.43. The molecule has 106 valence electrons. The van der Waals surface area contributed by atoms with E-state index in [1.807, 2.05) is 19.1 Å². The molecule has 0 aliphatic heterocycles. The first-order valence-electron chi connectivity index (χ1n) is 6.12. The number of aliphatic hydroxyl groups excluding tert-OH is 1. The van der Waals surface area contributed by atoms with Crippen LogP contribution in [0.1, 0.15) is 25.3 Å². The zero-order valence-electron chi connectivity index (χ0n) is 10.7. The molecule has 0 aliphatic carbocycles. The van der Waals surface area contributed by atoms with Gasteiger partial charge in [0.05, 0.1) is 0 Å². The molecule has 1 unspecified atom stereocenters. The highest BCUT2D eigenvalue weighted by atomic mass is 79.9. The Bertz CT molecular complexity index is 429. The van der Waals surface area contributed by atoms with Crippen molar-refractivity contribution in [3.8, 4) is 0 Å². The predicted molar refractivity (Wildman–Crippen MR) is 80.3 cm³/mol. The molecule has 3 N–H and O–H groups in total. The maximum Gasteiger partial charge on any atom is 0.315 e.